The number of aromatic nitrogens is 1. The zero-order valence-corrected chi connectivity index (χ0v) is 15.9. The highest BCUT2D eigenvalue weighted by molar-refractivity contribution is 5.93. The number of hydrogen-bond donors (Lipinski definition) is 0. The third-order valence-electron chi connectivity index (χ3n) is 5.80. The zero-order chi connectivity index (χ0) is 18.8. The van der Waals surface area contributed by atoms with E-state index < -0.39 is 0 Å². The Balaban J connectivity index is 0.000000145. The summed E-state index contributed by atoms with van der Waals surface area (Å²) in [4.78, 5) is 4.18. The van der Waals surface area contributed by atoms with Gasteiger partial charge in [-0.1, -0.05) is 78.4 Å². The first-order chi connectivity index (χ1) is 13.9. The van der Waals surface area contributed by atoms with Gasteiger partial charge >= 0.3 is 0 Å². The lowest BCUT2D eigenvalue weighted by Gasteiger charge is -2.25. The molecule has 0 saturated carbocycles. The van der Waals surface area contributed by atoms with Crippen molar-refractivity contribution >= 4 is 27.2 Å². The van der Waals surface area contributed by atoms with E-state index in [0.29, 0.717) is 0 Å². The molecule has 1 heteroatoms. The predicted octanol–water partition coefficient (Wildman–Crippen LogP) is 7.12. The molecular weight excluding hydrogens is 338 g/mol. The number of allylic oxidation sites excluding steroid dienone is 4. The van der Waals surface area contributed by atoms with Crippen LogP contribution in [0.15, 0.2) is 96.7 Å². The van der Waals surface area contributed by atoms with Crippen LogP contribution in [0.5, 0.6) is 0 Å². The summed E-state index contributed by atoms with van der Waals surface area (Å²) < 4.78 is 0. The molecule has 0 fully saturated rings. The summed E-state index contributed by atoms with van der Waals surface area (Å²) in [5, 5.41) is 4.02. The number of benzene rings is 3. The van der Waals surface area contributed by atoms with Crippen molar-refractivity contribution in [3.8, 4) is 0 Å². The number of para-hydroxylation sites is 1. The van der Waals surface area contributed by atoms with Crippen molar-refractivity contribution in [2.45, 2.75) is 25.7 Å². The van der Waals surface area contributed by atoms with Gasteiger partial charge in [0.2, 0.25) is 0 Å². The molecule has 0 saturated heterocycles. The van der Waals surface area contributed by atoms with E-state index in [2.05, 4.69) is 65.7 Å². The van der Waals surface area contributed by atoms with Crippen molar-refractivity contribution in [1.29, 1.82) is 0 Å². The first-order valence-corrected chi connectivity index (χ1v) is 10.1. The normalized spacial score (nSPS) is 15.0. The summed E-state index contributed by atoms with van der Waals surface area (Å²) in [5.74, 6) is 0. The second-order valence-corrected chi connectivity index (χ2v) is 7.47. The fourth-order valence-electron chi connectivity index (χ4n) is 4.40. The molecule has 1 heterocycles. The topological polar surface area (TPSA) is 12.9 Å². The van der Waals surface area contributed by atoms with Crippen molar-refractivity contribution in [2.75, 3.05) is 0 Å². The molecule has 136 valence electrons. The Morgan fingerprint density at radius 3 is 2.43 bits per heavy atom. The second-order valence-electron chi connectivity index (χ2n) is 7.47. The molecule has 1 aromatic heterocycles. The van der Waals surface area contributed by atoms with Crippen molar-refractivity contribution in [3.63, 3.8) is 0 Å². The quantitative estimate of drug-likeness (QED) is 0.325. The van der Waals surface area contributed by atoms with E-state index >= 15 is 0 Å². The van der Waals surface area contributed by atoms with E-state index in [0.717, 1.165) is 5.52 Å². The molecule has 3 aromatic carbocycles. The van der Waals surface area contributed by atoms with E-state index in [4.69, 9.17) is 0 Å². The molecule has 0 atom stereocenters. The summed E-state index contributed by atoms with van der Waals surface area (Å²) in [5.41, 5.74) is 7.27. The lowest BCUT2D eigenvalue weighted by molar-refractivity contribution is 0.831. The molecule has 0 spiro atoms. The fraction of sp³-hybridized carbons (Fsp3) is 0.148. The summed E-state index contributed by atoms with van der Waals surface area (Å²) in [6.07, 6.45) is 11.4. The first kappa shape index (κ1) is 16.9. The van der Waals surface area contributed by atoms with Gasteiger partial charge in [0, 0.05) is 11.6 Å². The molecule has 2 aliphatic rings. The SMILES string of the molecule is C1=CC2=C(CC1)CCc1c2ccc2ccccc12.c1ccc2ncccc2c1. The van der Waals surface area contributed by atoms with E-state index in [1.807, 2.05) is 30.5 Å². The van der Waals surface area contributed by atoms with Crippen molar-refractivity contribution < 1.29 is 0 Å². The third-order valence-corrected chi connectivity index (χ3v) is 5.80. The lowest BCUT2D eigenvalue weighted by atomic mass is 9.80. The summed E-state index contributed by atoms with van der Waals surface area (Å²) in [6, 6.07) is 25.4. The first-order valence-electron chi connectivity index (χ1n) is 10.1. The van der Waals surface area contributed by atoms with Gasteiger partial charge in [-0.15, -0.1) is 0 Å². The molecule has 0 unspecified atom stereocenters. The molecule has 0 radical (unpaired) electrons. The molecule has 28 heavy (non-hydrogen) atoms. The Morgan fingerprint density at radius 2 is 1.50 bits per heavy atom. The maximum atomic E-state index is 4.18. The van der Waals surface area contributed by atoms with Crippen molar-refractivity contribution in [1.82, 2.24) is 4.98 Å². The van der Waals surface area contributed by atoms with E-state index in [-0.39, 0.29) is 0 Å². The lowest BCUT2D eigenvalue weighted by Crippen LogP contribution is -2.06. The average Bonchev–Trinajstić information content (AvgIpc) is 2.79. The van der Waals surface area contributed by atoms with Crippen molar-refractivity contribution in [2.24, 2.45) is 0 Å². The van der Waals surface area contributed by atoms with Gasteiger partial charge in [0.1, 0.15) is 0 Å². The van der Waals surface area contributed by atoms with Crippen LogP contribution in [0.3, 0.4) is 0 Å². The molecule has 2 aliphatic carbocycles. The van der Waals surface area contributed by atoms with Crippen LogP contribution in [0, 0.1) is 0 Å². The third kappa shape index (κ3) is 3.14. The highest BCUT2D eigenvalue weighted by Gasteiger charge is 2.20. The molecule has 6 rings (SSSR count). The smallest absolute Gasteiger partial charge is 0.0701 e. The highest BCUT2D eigenvalue weighted by atomic mass is 14.6. The highest BCUT2D eigenvalue weighted by Crippen LogP contribution is 2.39. The maximum Gasteiger partial charge on any atom is 0.0701 e. The Morgan fingerprint density at radius 1 is 0.679 bits per heavy atom. The van der Waals surface area contributed by atoms with Crippen LogP contribution >= 0.6 is 0 Å². The zero-order valence-electron chi connectivity index (χ0n) is 15.9. The monoisotopic (exact) mass is 361 g/mol. The predicted molar refractivity (Wildman–Crippen MR) is 119 cm³/mol. The number of fused-ring (bicyclic) bond motifs is 5. The molecule has 1 nitrogen and oxygen atoms in total. The Hall–Kier alpha value is -3.19. The Kier molecular flexibility index (Phi) is 4.50. The minimum atomic E-state index is 1.06. The Bertz CT molecular complexity index is 1150. The van der Waals surface area contributed by atoms with Crippen LogP contribution in [0.2, 0.25) is 0 Å². The van der Waals surface area contributed by atoms with Crippen molar-refractivity contribution in [3.05, 3.63) is 108 Å². The average molecular weight is 361 g/mol. The van der Waals surface area contributed by atoms with Gasteiger partial charge in [-0.25, -0.2) is 0 Å². The summed E-state index contributed by atoms with van der Waals surface area (Å²) in [7, 11) is 0. The van der Waals surface area contributed by atoms with Gasteiger partial charge < -0.3 is 0 Å². The molecule has 0 bridgehead atoms. The second kappa shape index (κ2) is 7.44. The van der Waals surface area contributed by atoms with Crippen LogP contribution < -0.4 is 0 Å². The van der Waals surface area contributed by atoms with Crippen LogP contribution in [0.4, 0.5) is 0 Å². The number of rotatable bonds is 0. The number of aryl methyl sites for hydroxylation is 1. The molecule has 4 aromatic rings. The van der Waals surface area contributed by atoms with Gasteiger partial charge in [-0.05, 0) is 65.3 Å². The number of hydrogen-bond acceptors (Lipinski definition) is 1. The van der Waals surface area contributed by atoms with Gasteiger partial charge in [-0.3, -0.25) is 4.98 Å². The summed E-state index contributed by atoms with van der Waals surface area (Å²) in [6.45, 7) is 0. The van der Waals surface area contributed by atoms with Gasteiger partial charge in [0.15, 0.2) is 0 Å². The molecule has 0 N–H and O–H groups in total. The standard InChI is InChI=1S/C18H16.C9H7N/c1-3-7-15-13(5-1)9-11-18-16-8-4-2-6-14(16)10-12-17(15)18;1-2-6-9-8(4-1)5-3-7-10-9/h1,3-5,7-9,11H,2,6,10,12H2;1-7H. The number of nitrogens with zero attached hydrogens (tertiary/aromatic N) is 1. The van der Waals surface area contributed by atoms with Crippen LogP contribution in [-0.4, -0.2) is 4.98 Å². The largest absolute Gasteiger partial charge is 0.256 e. The maximum absolute atomic E-state index is 4.18. The number of pyridine rings is 1. The fourth-order valence-corrected chi connectivity index (χ4v) is 4.40. The van der Waals surface area contributed by atoms with Crippen LogP contribution in [0.1, 0.15) is 30.4 Å². The van der Waals surface area contributed by atoms with Crippen LogP contribution in [-0.2, 0) is 6.42 Å². The minimum absolute atomic E-state index is 1.06. The van der Waals surface area contributed by atoms with Gasteiger partial charge in [0.25, 0.3) is 0 Å². The van der Waals surface area contributed by atoms with Gasteiger partial charge in [0.05, 0.1) is 5.52 Å². The van der Waals surface area contributed by atoms with E-state index in [1.165, 1.54) is 53.0 Å². The van der Waals surface area contributed by atoms with Crippen LogP contribution in [0.25, 0.3) is 27.2 Å². The van der Waals surface area contributed by atoms with Gasteiger partial charge in [-0.2, -0.15) is 0 Å². The molecular formula is C27H23N. The molecule has 0 aliphatic heterocycles. The van der Waals surface area contributed by atoms with E-state index in [9.17, 15) is 0 Å². The summed E-state index contributed by atoms with van der Waals surface area (Å²) >= 11 is 0. The minimum Gasteiger partial charge on any atom is -0.256 e. The molecule has 0 amide bonds. The Labute approximate surface area is 166 Å². The van der Waals surface area contributed by atoms with E-state index in [1.54, 1.807) is 11.1 Å².